The lowest BCUT2D eigenvalue weighted by Crippen LogP contribution is -2.38. The fourth-order valence-electron chi connectivity index (χ4n) is 3.71. The average Bonchev–Trinajstić information content (AvgIpc) is 2.72. The molecule has 1 aliphatic rings. The Hall–Kier alpha value is -2.29. The van der Waals surface area contributed by atoms with Crippen molar-refractivity contribution in [2.45, 2.75) is 45.4 Å². The number of likely N-dealkylation sites (tertiary alicyclic amines) is 1. The molecule has 144 valence electrons. The van der Waals surface area contributed by atoms with Crippen LogP contribution in [0.5, 0.6) is 5.75 Å². The molecular formula is C24H31NO2. The SMILES string of the molecule is CCCCCOc1ccc(C(=O)N2CCC(Cc3ccccc3)CC2)cc1. The van der Waals surface area contributed by atoms with Gasteiger partial charge in [-0.3, -0.25) is 4.79 Å². The van der Waals surface area contributed by atoms with Crippen LogP contribution in [0.1, 0.15) is 54.9 Å². The van der Waals surface area contributed by atoms with Crippen LogP contribution in [-0.2, 0) is 6.42 Å². The number of unbranched alkanes of at least 4 members (excludes halogenated alkanes) is 2. The number of rotatable bonds is 8. The van der Waals surface area contributed by atoms with E-state index in [2.05, 4.69) is 37.3 Å². The van der Waals surface area contributed by atoms with Crippen LogP contribution in [0.4, 0.5) is 0 Å². The number of carbonyl (C=O) groups is 1. The van der Waals surface area contributed by atoms with E-state index in [0.29, 0.717) is 5.92 Å². The summed E-state index contributed by atoms with van der Waals surface area (Å²) >= 11 is 0. The Kier molecular flexibility index (Phi) is 7.32. The molecule has 3 heteroatoms. The summed E-state index contributed by atoms with van der Waals surface area (Å²) in [6, 6.07) is 18.3. The summed E-state index contributed by atoms with van der Waals surface area (Å²) in [5.41, 5.74) is 2.16. The number of nitrogens with zero attached hydrogens (tertiary/aromatic N) is 1. The van der Waals surface area contributed by atoms with Crippen LogP contribution < -0.4 is 4.74 Å². The molecule has 0 aliphatic carbocycles. The Bertz CT molecular complexity index is 688. The molecular weight excluding hydrogens is 334 g/mol. The van der Waals surface area contributed by atoms with E-state index in [0.717, 1.165) is 56.7 Å². The minimum absolute atomic E-state index is 0.144. The van der Waals surface area contributed by atoms with Gasteiger partial charge in [0.15, 0.2) is 0 Å². The molecule has 3 nitrogen and oxygen atoms in total. The molecule has 1 aliphatic heterocycles. The first-order chi connectivity index (χ1) is 13.3. The first-order valence-corrected chi connectivity index (χ1v) is 10.3. The van der Waals surface area contributed by atoms with E-state index in [4.69, 9.17) is 4.74 Å². The fourth-order valence-corrected chi connectivity index (χ4v) is 3.71. The van der Waals surface area contributed by atoms with Crippen LogP contribution in [0, 0.1) is 5.92 Å². The van der Waals surface area contributed by atoms with Gasteiger partial charge in [0.2, 0.25) is 0 Å². The van der Waals surface area contributed by atoms with E-state index in [-0.39, 0.29) is 5.91 Å². The molecule has 27 heavy (non-hydrogen) atoms. The van der Waals surface area contributed by atoms with E-state index in [1.54, 1.807) is 0 Å². The number of piperidine rings is 1. The number of amides is 1. The highest BCUT2D eigenvalue weighted by atomic mass is 16.5. The van der Waals surface area contributed by atoms with Crippen LogP contribution in [0.25, 0.3) is 0 Å². The Morgan fingerprint density at radius 1 is 1.00 bits per heavy atom. The second kappa shape index (κ2) is 10.1. The zero-order valence-electron chi connectivity index (χ0n) is 16.4. The maximum Gasteiger partial charge on any atom is 0.253 e. The van der Waals surface area contributed by atoms with Crippen molar-refractivity contribution in [3.05, 3.63) is 65.7 Å². The van der Waals surface area contributed by atoms with E-state index in [1.165, 1.54) is 18.4 Å². The molecule has 0 saturated carbocycles. The first kappa shape index (κ1) is 19.5. The lowest BCUT2D eigenvalue weighted by Gasteiger charge is -2.32. The molecule has 0 aromatic heterocycles. The third-order valence-corrected chi connectivity index (χ3v) is 5.39. The van der Waals surface area contributed by atoms with Crippen LogP contribution in [0.3, 0.4) is 0 Å². The lowest BCUT2D eigenvalue weighted by atomic mass is 9.90. The number of benzene rings is 2. The molecule has 0 spiro atoms. The van der Waals surface area contributed by atoms with E-state index < -0.39 is 0 Å². The molecule has 2 aromatic rings. The molecule has 0 radical (unpaired) electrons. The zero-order chi connectivity index (χ0) is 18.9. The predicted molar refractivity (Wildman–Crippen MR) is 110 cm³/mol. The minimum atomic E-state index is 0.144. The standard InChI is InChI=1S/C24H31NO2/c1-2-3-7-18-27-23-12-10-22(11-13-23)24(26)25-16-14-21(15-17-25)19-20-8-5-4-6-9-20/h4-6,8-13,21H,2-3,7,14-19H2,1H3. The van der Waals surface area contributed by atoms with Gasteiger partial charge in [0.25, 0.3) is 5.91 Å². The predicted octanol–water partition coefficient (Wildman–Crippen LogP) is 5.35. The highest BCUT2D eigenvalue weighted by Gasteiger charge is 2.23. The summed E-state index contributed by atoms with van der Waals surface area (Å²) < 4.78 is 5.73. The largest absolute Gasteiger partial charge is 0.494 e. The van der Waals surface area contributed by atoms with Gasteiger partial charge in [0.1, 0.15) is 5.75 Å². The van der Waals surface area contributed by atoms with Crippen molar-refractivity contribution in [3.63, 3.8) is 0 Å². The maximum atomic E-state index is 12.8. The third-order valence-electron chi connectivity index (χ3n) is 5.39. The quantitative estimate of drug-likeness (QED) is 0.590. The van der Waals surface area contributed by atoms with Gasteiger partial charge in [0.05, 0.1) is 6.61 Å². The van der Waals surface area contributed by atoms with Crippen molar-refractivity contribution in [2.75, 3.05) is 19.7 Å². The molecule has 1 fully saturated rings. The zero-order valence-corrected chi connectivity index (χ0v) is 16.4. The number of carbonyl (C=O) groups excluding carboxylic acids is 1. The number of ether oxygens (including phenoxy) is 1. The van der Waals surface area contributed by atoms with Crippen molar-refractivity contribution in [1.82, 2.24) is 4.90 Å². The first-order valence-electron chi connectivity index (χ1n) is 10.3. The van der Waals surface area contributed by atoms with Gasteiger partial charge in [-0.25, -0.2) is 0 Å². The Balaban J connectivity index is 1.46. The number of hydrogen-bond donors (Lipinski definition) is 0. The molecule has 3 rings (SSSR count). The van der Waals surface area contributed by atoms with Crippen molar-refractivity contribution >= 4 is 5.91 Å². The summed E-state index contributed by atoms with van der Waals surface area (Å²) in [5.74, 6) is 1.67. The smallest absolute Gasteiger partial charge is 0.253 e. The van der Waals surface area contributed by atoms with Gasteiger partial charge < -0.3 is 9.64 Å². The third kappa shape index (κ3) is 5.85. The van der Waals surface area contributed by atoms with Gasteiger partial charge >= 0.3 is 0 Å². The van der Waals surface area contributed by atoms with Gasteiger partial charge in [-0.1, -0.05) is 50.1 Å². The minimum Gasteiger partial charge on any atom is -0.494 e. The summed E-state index contributed by atoms with van der Waals surface area (Å²) in [6.07, 6.45) is 6.75. The molecule has 0 atom stereocenters. The number of hydrogen-bond acceptors (Lipinski definition) is 2. The monoisotopic (exact) mass is 365 g/mol. The van der Waals surface area contributed by atoms with E-state index in [1.807, 2.05) is 29.2 Å². The molecule has 1 heterocycles. The molecule has 0 bridgehead atoms. The van der Waals surface area contributed by atoms with Gasteiger partial charge in [0, 0.05) is 18.7 Å². The summed E-state index contributed by atoms with van der Waals surface area (Å²) in [7, 11) is 0. The summed E-state index contributed by atoms with van der Waals surface area (Å²) in [5, 5.41) is 0. The average molecular weight is 366 g/mol. The highest BCUT2D eigenvalue weighted by molar-refractivity contribution is 5.94. The highest BCUT2D eigenvalue weighted by Crippen LogP contribution is 2.23. The molecule has 2 aromatic carbocycles. The Morgan fingerprint density at radius 3 is 2.37 bits per heavy atom. The second-order valence-corrected chi connectivity index (χ2v) is 7.51. The van der Waals surface area contributed by atoms with Crippen molar-refractivity contribution in [1.29, 1.82) is 0 Å². The van der Waals surface area contributed by atoms with Crippen LogP contribution in [-0.4, -0.2) is 30.5 Å². The maximum absolute atomic E-state index is 12.8. The normalized spacial score (nSPS) is 14.9. The van der Waals surface area contributed by atoms with Crippen LogP contribution in [0.15, 0.2) is 54.6 Å². The Labute approximate surface area is 163 Å². The van der Waals surface area contributed by atoms with Crippen molar-refractivity contribution in [2.24, 2.45) is 5.92 Å². The topological polar surface area (TPSA) is 29.5 Å². The molecule has 0 unspecified atom stereocenters. The van der Waals surface area contributed by atoms with Crippen molar-refractivity contribution < 1.29 is 9.53 Å². The summed E-state index contributed by atoms with van der Waals surface area (Å²) in [6.45, 7) is 4.64. The molecule has 1 amide bonds. The Morgan fingerprint density at radius 2 is 1.70 bits per heavy atom. The molecule has 1 saturated heterocycles. The van der Waals surface area contributed by atoms with E-state index in [9.17, 15) is 4.79 Å². The fraction of sp³-hybridized carbons (Fsp3) is 0.458. The van der Waals surface area contributed by atoms with Crippen molar-refractivity contribution in [3.8, 4) is 5.75 Å². The molecule has 0 N–H and O–H groups in total. The van der Waals surface area contributed by atoms with Crippen LogP contribution >= 0.6 is 0 Å². The lowest BCUT2D eigenvalue weighted by molar-refractivity contribution is 0.0690. The second-order valence-electron chi connectivity index (χ2n) is 7.51. The van der Waals surface area contributed by atoms with E-state index >= 15 is 0 Å². The summed E-state index contributed by atoms with van der Waals surface area (Å²) in [4.78, 5) is 14.8. The van der Waals surface area contributed by atoms with Crippen LogP contribution in [0.2, 0.25) is 0 Å². The van der Waals surface area contributed by atoms with Gasteiger partial charge in [-0.05, 0) is 61.4 Å². The van der Waals surface area contributed by atoms with Gasteiger partial charge in [-0.15, -0.1) is 0 Å². The van der Waals surface area contributed by atoms with Gasteiger partial charge in [-0.2, -0.15) is 0 Å².